The topological polar surface area (TPSA) is 50.9 Å². The van der Waals surface area contributed by atoms with Crippen LogP contribution in [0.4, 0.5) is 0 Å². The minimum absolute atomic E-state index is 0.217. The second-order valence-electron chi connectivity index (χ2n) is 5.07. The van der Waals surface area contributed by atoms with Gasteiger partial charge in [0.05, 0.1) is 6.10 Å². The molecule has 1 N–H and O–H groups in total. The maximum atomic E-state index is 9.60. The molecule has 4 nitrogen and oxygen atoms in total. The molecule has 0 spiro atoms. The fourth-order valence-corrected chi connectivity index (χ4v) is 3.84. The van der Waals surface area contributed by atoms with E-state index in [9.17, 15) is 5.11 Å². The summed E-state index contributed by atoms with van der Waals surface area (Å²) in [7, 11) is 0. The third kappa shape index (κ3) is 2.65. The highest BCUT2D eigenvalue weighted by molar-refractivity contribution is 7.99. The minimum Gasteiger partial charge on any atom is -0.393 e. The number of aliphatic hydroxyl groups excluding tert-OH is 1. The number of hydrogen-bond donors (Lipinski definition) is 1. The molecule has 2 aliphatic rings. The minimum atomic E-state index is -0.217. The summed E-state index contributed by atoms with van der Waals surface area (Å²) >= 11 is 2.06. The van der Waals surface area contributed by atoms with Gasteiger partial charge in [-0.15, -0.1) is 0 Å². The van der Waals surface area contributed by atoms with Crippen molar-refractivity contribution in [2.45, 2.75) is 44.8 Å². The lowest BCUT2D eigenvalue weighted by Crippen LogP contribution is -2.23. The van der Waals surface area contributed by atoms with E-state index in [-0.39, 0.29) is 6.10 Å². The quantitative estimate of drug-likeness (QED) is 0.862. The first-order valence-corrected chi connectivity index (χ1v) is 7.65. The maximum absolute atomic E-state index is 9.60. The Morgan fingerprint density at radius 3 is 2.94 bits per heavy atom. The largest absolute Gasteiger partial charge is 0.393 e. The highest BCUT2D eigenvalue weighted by atomic mass is 32.2. The Hall–Kier alpha value is -0.550. The van der Waals surface area contributed by atoms with Crippen LogP contribution in [0.5, 0.6) is 0 Å². The van der Waals surface area contributed by atoms with E-state index in [1.165, 1.54) is 24.3 Å². The highest BCUT2D eigenvalue weighted by Gasteiger charge is 2.22. The SMILES string of the molecule is OC1CCn2nc(CC3CCSCC3)nc2C1. The monoisotopic (exact) mass is 253 g/mol. The first kappa shape index (κ1) is 11.5. The summed E-state index contributed by atoms with van der Waals surface area (Å²) in [5, 5.41) is 14.2. The molecule has 94 valence electrons. The molecule has 3 rings (SSSR count). The number of aliphatic hydroxyl groups is 1. The molecule has 1 aromatic heterocycles. The van der Waals surface area contributed by atoms with E-state index in [1.54, 1.807) is 0 Å². The molecule has 1 unspecified atom stereocenters. The second kappa shape index (κ2) is 4.98. The van der Waals surface area contributed by atoms with E-state index in [1.807, 2.05) is 4.68 Å². The number of nitrogens with zero attached hydrogens (tertiary/aromatic N) is 3. The van der Waals surface area contributed by atoms with Gasteiger partial charge in [-0.3, -0.25) is 0 Å². The predicted molar refractivity (Wildman–Crippen MR) is 68.1 cm³/mol. The van der Waals surface area contributed by atoms with Crippen LogP contribution in [0.1, 0.15) is 30.9 Å². The van der Waals surface area contributed by atoms with Crippen LogP contribution in [0, 0.1) is 5.92 Å². The third-order valence-electron chi connectivity index (χ3n) is 3.70. The number of hydrogen-bond acceptors (Lipinski definition) is 4. The van der Waals surface area contributed by atoms with Crippen LogP contribution < -0.4 is 0 Å². The molecule has 1 atom stereocenters. The molecule has 0 aliphatic carbocycles. The van der Waals surface area contributed by atoms with Gasteiger partial charge >= 0.3 is 0 Å². The maximum Gasteiger partial charge on any atom is 0.151 e. The van der Waals surface area contributed by atoms with Crippen molar-refractivity contribution in [1.29, 1.82) is 0 Å². The summed E-state index contributed by atoms with van der Waals surface area (Å²) in [6.07, 6.45) is 4.90. The Morgan fingerprint density at radius 1 is 1.29 bits per heavy atom. The Bertz CT molecular complexity index is 387. The lowest BCUT2D eigenvalue weighted by molar-refractivity contribution is 0.138. The van der Waals surface area contributed by atoms with Gasteiger partial charge < -0.3 is 5.11 Å². The van der Waals surface area contributed by atoms with Crippen LogP contribution in [0.25, 0.3) is 0 Å². The van der Waals surface area contributed by atoms with Crippen molar-refractivity contribution in [2.24, 2.45) is 5.92 Å². The first-order chi connectivity index (χ1) is 8.31. The van der Waals surface area contributed by atoms with Gasteiger partial charge in [-0.2, -0.15) is 16.9 Å². The Kier molecular flexibility index (Phi) is 3.38. The number of aryl methyl sites for hydroxylation is 1. The van der Waals surface area contributed by atoms with Crippen molar-refractivity contribution in [3.63, 3.8) is 0 Å². The van der Waals surface area contributed by atoms with Gasteiger partial charge in [-0.1, -0.05) is 0 Å². The Balaban J connectivity index is 1.67. The normalized spacial score (nSPS) is 25.8. The molecule has 0 saturated carbocycles. The van der Waals surface area contributed by atoms with Gasteiger partial charge in [0.15, 0.2) is 5.82 Å². The van der Waals surface area contributed by atoms with Crippen LogP contribution in [-0.2, 0) is 19.4 Å². The molecular weight excluding hydrogens is 234 g/mol. The van der Waals surface area contributed by atoms with E-state index in [0.29, 0.717) is 6.42 Å². The van der Waals surface area contributed by atoms with E-state index >= 15 is 0 Å². The van der Waals surface area contributed by atoms with Crippen molar-refractivity contribution >= 4 is 11.8 Å². The molecule has 5 heteroatoms. The molecule has 0 bridgehead atoms. The van der Waals surface area contributed by atoms with Gasteiger partial charge in [-0.05, 0) is 36.7 Å². The number of rotatable bonds is 2. The molecule has 2 aliphatic heterocycles. The summed E-state index contributed by atoms with van der Waals surface area (Å²) in [4.78, 5) is 4.58. The van der Waals surface area contributed by atoms with Gasteiger partial charge in [0.1, 0.15) is 5.82 Å². The summed E-state index contributed by atoms with van der Waals surface area (Å²) in [6, 6.07) is 0. The van der Waals surface area contributed by atoms with Crippen LogP contribution in [0.2, 0.25) is 0 Å². The standard InChI is InChI=1S/C12H19N3OS/c16-10-1-4-15-12(8-10)13-11(14-15)7-9-2-5-17-6-3-9/h9-10,16H,1-8H2. The number of aromatic nitrogens is 3. The fraction of sp³-hybridized carbons (Fsp3) is 0.833. The average Bonchev–Trinajstić information content (AvgIpc) is 2.71. The van der Waals surface area contributed by atoms with Crippen molar-refractivity contribution in [3.8, 4) is 0 Å². The van der Waals surface area contributed by atoms with Crippen LogP contribution in [0.3, 0.4) is 0 Å². The van der Waals surface area contributed by atoms with E-state index in [2.05, 4.69) is 21.8 Å². The molecular formula is C12H19N3OS. The summed E-state index contributed by atoms with van der Waals surface area (Å²) in [5.74, 6) is 5.31. The lowest BCUT2D eigenvalue weighted by Gasteiger charge is -2.19. The third-order valence-corrected chi connectivity index (χ3v) is 4.75. The second-order valence-corrected chi connectivity index (χ2v) is 6.30. The highest BCUT2D eigenvalue weighted by Crippen LogP contribution is 2.25. The summed E-state index contributed by atoms with van der Waals surface area (Å²) in [5.41, 5.74) is 0. The van der Waals surface area contributed by atoms with Crippen molar-refractivity contribution in [2.75, 3.05) is 11.5 Å². The Morgan fingerprint density at radius 2 is 2.12 bits per heavy atom. The summed E-state index contributed by atoms with van der Waals surface area (Å²) < 4.78 is 1.99. The zero-order valence-corrected chi connectivity index (χ0v) is 10.8. The van der Waals surface area contributed by atoms with E-state index in [0.717, 1.165) is 37.0 Å². The fourth-order valence-electron chi connectivity index (χ4n) is 2.64. The van der Waals surface area contributed by atoms with Crippen molar-refractivity contribution in [1.82, 2.24) is 14.8 Å². The number of thioether (sulfide) groups is 1. The first-order valence-electron chi connectivity index (χ1n) is 6.49. The molecule has 1 fully saturated rings. The molecule has 1 aromatic rings. The van der Waals surface area contributed by atoms with Gasteiger partial charge in [-0.25, -0.2) is 9.67 Å². The van der Waals surface area contributed by atoms with E-state index in [4.69, 9.17) is 0 Å². The zero-order chi connectivity index (χ0) is 11.7. The van der Waals surface area contributed by atoms with Crippen LogP contribution >= 0.6 is 11.8 Å². The average molecular weight is 253 g/mol. The van der Waals surface area contributed by atoms with Crippen molar-refractivity contribution in [3.05, 3.63) is 11.6 Å². The molecule has 3 heterocycles. The zero-order valence-electron chi connectivity index (χ0n) is 10.0. The molecule has 17 heavy (non-hydrogen) atoms. The molecule has 1 saturated heterocycles. The van der Waals surface area contributed by atoms with Crippen LogP contribution in [0.15, 0.2) is 0 Å². The van der Waals surface area contributed by atoms with Crippen LogP contribution in [-0.4, -0.2) is 37.5 Å². The molecule has 0 amide bonds. The predicted octanol–water partition coefficient (Wildman–Crippen LogP) is 1.27. The Labute approximate surface area is 106 Å². The van der Waals surface area contributed by atoms with Gasteiger partial charge in [0, 0.05) is 19.4 Å². The lowest BCUT2D eigenvalue weighted by atomic mass is 9.99. The summed E-state index contributed by atoms with van der Waals surface area (Å²) in [6.45, 7) is 0.823. The molecule has 0 aromatic carbocycles. The smallest absolute Gasteiger partial charge is 0.151 e. The number of fused-ring (bicyclic) bond motifs is 1. The van der Waals surface area contributed by atoms with Gasteiger partial charge in [0.2, 0.25) is 0 Å². The molecule has 0 radical (unpaired) electrons. The van der Waals surface area contributed by atoms with E-state index < -0.39 is 0 Å². The van der Waals surface area contributed by atoms with Gasteiger partial charge in [0.25, 0.3) is 0 Å². The van der Waals surface area contributed by atoms with Crippen molar-refractivity contribution < 1.29 is 5.11 Å².